The zero-order valence-corrected chi connectivity index (χ0v) is 12.6. The Balaban J connectivity index is 2.47. The van der Waals surface area contributed by atoms with Crippen molar-refractivity contribution in [2.75, 3.05) is 0 Å². The van der Waals surface area contributed by atoms with Gasteiger partial charge < -0.3 is 5.11 Å². The van der Waals surface area contributed by atoms with Gasteiger partial charge in [-0.25, -0.2) is 0 Å². The van der Waals surface area contributed by atoms with Crippen LogP contribution in [0.1, 0.15) is 28.4 Å². The Morgan fingerprint density at radius 1 is 1.11 bits per heavy atom. The summed E-state index contributed by atoms with van der Waals surface area (Å²) in [6, 6.07) is 11.6. The van der Waals surface area contributed by atoms with Gasteiger partial charge in [-0.1, -0.05) is 53.1 Å². The van der Waals surface area contributed by atoms with Crippen molar-refractivity contribution in [1.82, 2.24) is 0 Å². The van der Waals surface area contributed by atoms with Gasteiger partial charge in [0.1, 0.15) is 6.10 Å². The molecule has 2 aromatic carbocycles. The zero-order valence-electron chi connectivity index (χ0n) is 10.2. The van der Waals surface area contributed by atoms with E-state index >= 15 is 0 Å². The molecule has 18 heavy (non-hydrogen) atoms. The van der Waals surface area contributed by atoms with Crippen LogP contribution in [0, 0.1) is 13.8 Å². The van der Waals surface area contributed by atoms with Gasteiger partial charge in [0.25, 0.3) is 0 Å². The summed E-state index contributed by atoms with van der Waals surface area (Å²) in [6.45, 7) is 4.04. The summed E-state index contributed by atoms with van der Waals surface area (Å²) in [4.78, 5) is 0. The van der Waals surface area contributed by atoms with Crippen LogP contribution in [0.3, 0.4) is 0 Å². The van der Waals surface area contributed by atoms with E-state index in [9.17, 15) is 5.11 Å². The number of hydrogen-bond acceptors (Lipinski definition) is 1. The molecule has 2 aromatic rings. The first-order valence-corrected chi connectivity index (χ1v) is 6.86. The molecule has 0 amide bonds. The lowest BCUT2D eigenvalue weighted by molar-refractivity contribution is 0.220. The van der Waals surface area contributed by atoms with E-state index in [0.717, 1.165) is 26.7 Å². The SMILES string of the molecule is Cc1cc(C)cc(C(O)c2cccc(Br)c2Cl)c1. The first-order chi connectivity index (χ1) is 8.49. The third-order valence-corrected chi connectivity index (χ3v) is 4.15. The molecule has 1 unspecified atom stereocenters. The lowest BCUT2D eigenvalue weighted by Crippen LogP contribution is -2.01. The Hall–Kier alpha value is -0.830. The van der Waals surface area contributed by atoms with Crippen LogP contribution in [0.15, 0.2) is 40.9 Å². The molecule has 0 saturated heterocycles. The maximum absolute atomic E-state index is 10.4. The van der Waals surface area contributed by atoms with Gasteiger partial charge in [0.2, 0.25) is 0 Å². The molecular formula is C15H14BrClO. The lowest BCUT2D eigenvalue weighted by atomic mass is 9.98. The number of hydrogen-bond donors (Lipinski definition) is 1. The lowest BCUT2D eigenvalue weighted by Gasteiger charge is -2.15. The Bertz CT molecular complexity index is 560. The predicted octanol–water partition coefficient (Wildman–Crippen LogP) is 4.80. The predicted molar refractivity (Wildman–Crippen MR) is 79.1 cm³/mol. The molecule has 2 rings (SSSR count). The van der Waals surface area contributed by atoms with Crippen LogP contribution in [0.4, 0.5) is 0 Å². The van der Waals surface area contributed by atoms with E-state index < -0.39 is 6.10 Å². The molecular weight excluding hydrogens is 312 g/mol. The van der Waals surface area contributed by atoms with Crippen molar-refractivity contribution in [2.24, 2.45) is 0 Å². The van der Waals surface area contributed by atoms with Crippen LogP contribution in [0.5, 0.6) is 0 Å². The number of aliphatic hydroxyl groups is 1. The fraction of sp³-hybridized carbons (Fsp3) is 0.200. The van der Waals surface area contributed by atoms with Crippen molar-refractivity contribution in [3.8, 4) is 0 Å². The van der Waals surface area contributed by atoms with E-state index in [2.05, 4.69) is 22.0 Å². The molecule has 0 fully saturated rings. The summed E-state index contributed by atoms with van der Waals surface area (Å²) < 4.78 is 0.796. The minimum atomic E-state index is -0.700. The van der Waals surface area contributed by atoms with Crippen molar-refractivity contribution >= 4 is 27.5 Å². The third kappa shape index (κ3) is 2.77. The second-order valence-electron chi connectivity index (χ2n) is 4.47. The minimum Gasteiger partial charge on any atom is -0.384 e. The van der Waals surface area contributed by atoms with Gasteiger partial charge >= 0.3 is 0 Å². The van der Waals surface area contributed by atoms with E-state index in [1.807, 2.05) is 44.2 Å². The monoisotopic (exact) mass is 324 g/mol. The Kier molecular flexibility index (Phi) is 4.10. The fourth-order valence-electron chi connectivity index (χ4n) is 2.08. The molecule has 0 aromatic heterocycles. The number of aliphatic hydroxyl groups excluding tert-OH is 1. The highest BCUT2D eigenvalue weighted by atomic mass is 79.9. The average molecular weight is 326 g/mol. The fourth-order valence-corrected chi connectivity index (χ4v) is 2.69. The van der Waals surface area contributed by atoms with Crippen LogP contribution < -0.4 is 0 Å². The summed E-state index contributed by atoms with van der Waals surface area (Å²) in [5.74, 6) is 0. The molecule has 0 heterocycles. The van der Waals surface area contributed by atoms with Gasteiger partial charge in [0.15, 0.2) is 0 Å². The maximum Gasteiger partial charge on any atom is 0.106 e. The largest absolute Gasteiger partial charge is 0.384 e. The number of aryl methyl sites for hydroxylation is 2. The molecule has 0 aliphatic rings. The van der Waals surface area contributed by atoms with E-state index in [-0.39, 0.29) is 0 Å². The number of halogens is 2. The van der Waals surface area contributed by atoms with Gasteiger partial charge in [-0.3, -0.25) is 0 Å². The zero-order chi connectivity index (χ0) is 13.3. The van der Waals surface area contributed by atoms with Gasteiger partial charge in [-0.05, 0) is 41.4 Å². The summed E-state index contributed by atoms with van der Waals surface area (Å²) in [6.07, 6.45) is -0.700. The third-order valence-electron chi connectivity index (χ3n) is 2.84. The second-order valence-corrected chi connectivity index (χ2v) is 5.70. The van der Waals surface area contributed by atoms with E-state index in [1.165, 1.54) is 0 Å². The van der Waals surface area contributed by atoms with Crippen LogP contribution in [0.25, 0.3) is 0 Å². The summed E-state index contributed by atoms with van der Waals surface area (Å²) in [5.41, 5.74) is 3.86. The van der Waals surface area contributed by atoms with Crippen molar-refractivity contribution in [1.29, 1.82) is 0 Å². The Morgan fingerprint density at radius 3 is 2.33 bits per heavy atom. The highest BCUT2D eigenvalue weighted by Gasteiger charge is 2.15. The standard InChI is InChI=1S/C15H14BrClO/c1-9-6-10(2)8-11(7-9)15(18)12-4-3-5-13(16)14(12)17/h3-8,15,18H,1-2H3. The molecule has 0 aliphatic heterocycles. The number of benzene rings is 2. The molecule has 0 bridgehead atoms. The summed E-state index contributed by atoms with van der Waals surface area (Å²) in [5, 5.41) is 11.0. The molecule has 1 nitrogen and oxygen atoms in total. The van der Waals surface area contributed by atoms with Crippen LogP contribution in [-0.2, 0) is 0 Å². The highest BCUT2D eigenvalue weighted by molar-refractivity contribution is 9.10. The van der Waals surface area contributed by atoms with Crippen molar-refractivity contribution in [3.05, 3.63) is 68.1 Å². The number of rotatable bonds is 2. The van der Waals surface area contributed by atoms with Gasteiger partial charge in [-0.2, -0.15) is 0 Å². The van der Waals surface area contributed by atoms with Crippen LogP contribution >= 0.6 is 27.5 Å². The van der Waals surface area contributed by atoms with Crippen molar-refractivity contribution in [2.45, 2.75) is 20.0 Å². The minimum absolute atomic E-state index is 0.559. The van der Waals surface area contributed by atoms with E-state index in [0.29, 0.717) is 5.02 Å². The second kappa shape index (κ2) is 5.43. The van der Waals surface area contributed by atoms with E-state index in [4.69, 9.17) is 11.6 Å². The average Bonchev–Trinajstić information content (AvgIpc) is 2.30. The van der Waals surface area contributed by atoms with Gasteiger partial charge in [0.05, 0.1) is 5.02 Å². The topological polar surface area (TPSA) is 20.2 Å². The first kappa shape index (κ1) is 13.6. The molecule has 0 saturated carbocycles. The molecule has 1 atom stereocenters. The van der Waals surface area contributed by atoms with E-state index in [1.54, 1.807) is 0 Å². The maximum atomic E-state index is 10.4. The van der Waals surface area contributed by atoms with Crippen LogP contribution in [0.2, 0.25) is 5.02 Å². The Labute approximate surface area is 121 Å². The Morgan fingerprint density at radius 2 is 1.72 bits per heavy atom. The van der Waals surface area contributed by atoms with Gasteiger partial charge in [0, 0.05) is 10.0 Å². The molecule has 0 spiro atoms. The summed E-state index contributed by atoms with van der Waals surface area (Å²) in [7, 11) is 0. The van der Waals surface area contributed by atoms with Gasteiger partial charge in [-0.15, -0.1) is 0 Å². The molecule has 0 aliphatic carbocycles. The molecule has 0 radical (unpaired) electrons. The quantitative estimate of drug-likeness (QED) is 0.841. The van der Waals surface area contributed by atoms with Crippen molar-refractivity contribution < 1.29 is 5.11 Å². The van der Waals surface area contributed by atoms with Crippen molar-refractivity contribution in [3.63, 3.8) is 0 Å². The smallest absolute Gasteiger partial charge is 0.106 e. The highest BCUT2D eigenvalue weighted by Crippen LogP contribution is 2.33. The summed E-state index contributed by atoms with van der Waals surface area (Å²) >= 11 is 9.58. The molecule has 3 heteroatoms. The molecule has 94 valence electrons. The molecule has 1 N–H and O–H groups in total. The van der Waals surface area contributed by atoms with Crippen LogP contribution in [-0.4, -0.2) is 5.11 Å². The first-order valence-electron chi connectivity index (χ1n) is 5.69. The normalized spacial score (nSPS) is 12.5.